The van der Waals surface area contributed by atoms with Gasteiger partial charge in [-0.3, -0.25) is 14.3 Å². The molecule has 0 bridgehead atoms. The topological polar surface area (TPSA) is 99.7 Å². The Morgan fingerprint density at radius 2 is 2.20 bits per heavy atom. The number of hydrogen-bond donors (Lipinski definition) is 1. The Labute approximate surface area is 180 Å². The van der Waals surface area contributed by atoms with Crippen LogP contribution in [0.25, 0.3) is 11.3 Å². The van der Waals surface area contributed by atoms with E-state index >= 15 is 0 Å². The highest BCUT2D eigenvalue weighted by molar-refractivity contribution is 6.32. The number of carbonyl (C=O) groups excluding carboxylic acids is 2. The average molecular weight is 433 g/mol. The monoisotopic (exact) mass is 432 g/mol. The molecule has 9 heteroatoms. The Morgan fingerprint density at radius 3 is 2.90 bits per heavy atom. The third kappa shape index (κ3) is 4.83. The van der Waals surface area contributed by atoms with E-state index in [1.807, 2.05) is 0 Å². The summed E-state index contributed by atoms with van der Waals surface area (Å²) in [6.07, 6.45) is 4.63. The van der Waals surface area contributed by atoms with E-state index in [-0.39, 0.29) is 11.9 Å². The molecule has 0 spiro atoms. The van der Waals surface area contributed by atoms with Gasteiger partial charge in [-0.1, -0.05) is 24.2 Å². The fourth-order valence-electron chi connectivity index (χ4n) is 3.47. The lowest BCUT2D eigenvalue weighted by Gasteiger charge is -2.32. The van der Waals surface area contributed by atoms with E-state index < -0.39 is 5.91 Å². The summed E-state index contributed by atoms with van der Waals surface area (Å²) in [5.74, 6) is -0.225. The van der Waals surface area contributed by atoms with Crippen molar-refractivity contribution in [2.75, 3.05) is 33.4 Å². The molecule has 1 aromatic heterocycles. The van der Waals surface area contributed by atoms with Gasteiger partial charge in [0.05, 0.1) is 23.2 Å². The minimum Gasteiger partial charge on any atom is -0.490 e. The Bertz CT molecular complexity index is 943. The average Bonchev–Trinajstić information content (AvgIpc) is 3.20. The molecule has 0 unspecified atom stereocenters. The smallest absolute Gasteiger partial charge is 0.252 e. The molecule has 0 radical (unpaired) electrons. The van der Waals surface area contributed by atoms with Gasteiger partial charge in [0.25, 0.3) is 5.91 Å². The highest BCUT2D eigenvalue weighted by Gasteiger charge is 2.26. The minimum absolute atomic E-state index is 0.0563. The van der Waals surface area contributed by atoms with Crippen LogP contribution in [-0.2, 0) is 9.53 Å². The number of halogens is 1. The van der Waals surface area contributed by atoms with Crippen LogP contribution in [0.5, 0.6) is 5.75 Å². The quantitative estimate of drug-likeness (QED) is 0.510. The van der Waals surface area contributed by atoms with Gasteiger partial charge in [0.1, 0.15) is 18.1 Å². The van der Waals surface area contributed by atoms with E-state index in [4.69, 9.17) is 26.8 Å². The Kier molecular flexibility index (Phi) is 7.12. The molecule has 3 rings (SSSR count). The Balaban J connectivity index is 1.91. The minimum atomic E-state index is -0.581. The van der Waals surface area contributed by atoms with Crippen molar-refractivity contribution in [1.29, 1.82) is 0 Å². The second kappa shape index (κ2) is 9.77. The van der Waals surface area contributed by atoms with Gasteiger partial charge in [-0.25, -0.2) is 0 Å². The number of piperidine rings is 1. The molecule has 1 aromatic carbocycles. The normalized spacial score (nSPS) is 16.3. The van der Waals surface area contributed by atoms with Gasteiger partial charge < -0.3 is 20.1 Å². The van der Waals surface area contributed by atoms with Gasteiger partial charge in [-0.05, 0) is 31.1 Å². The van der Waals surface area contributed by atoms with Crippen LogP contribution in [0, 0.1) is 0 Å². The van der Waals surface area contributed by atoms with Crippen LogP contribution in [0.3, 0.4) is 0 Å². The molecule has 8 nitrogen and oxygen atoms in total. The zero-order valence-corrected chi connectivity index (χ0v) is 17.6. The van der Waals surface area contributed by atoms with Crippen molar-refractivity contribution in [2.24, 2.45) is 5.73 Å². The van der Waals surface area contributed by atoms with Gasteiger partial charge in [0.2, 0.25) is 5.91 Å². The zero-order chi connectivity index (χ0) is 21.7. The number of primary amides is 1. The van der Waals surface area contributed by atoms with Crippen molar-refractivity contribution >= 4 is 23.4 Å². The Morgan fingerprint density at radius 1 is 1.40 bits per heavy atom. The van der Waals surface area contributed by atoms with Crippen molar-refractivity contribution in [3.63, 3.8) is 0 Å². The number of carbonyl (C=O) groups is 2. The van der Waals surface area contributed by atoms with E-state index in [9.17, 15) is 9.59 Å². The van der Waals surface area contributed by atoms with Gasteiger partial charge in [-0.15, -0.1) is 0 Å². The second-order valence-electron chi connectivity index (χ2n) is 7.01. The number of nitrogens with two attached hydrogens (primary N) is 1. The fraction of sp³-hybridized carbons (Fsp3) is 0.381. The number of methoxy groups -OCH3 is 1. The maximum Gasteiger partial charge on any atom is 0.252 e. The molecule has 2 N–H and O–H groups in total. The van der Waals surface area contributed by atoms with E-state index in [1.165, 1.54) is 6.08 Å². The van der Waals surface area contributed by atoms with Gasteiger partial charge in [0, 0.05) is 32.0 Å². The Hall–Kier alpha value is -2.84. The molecule has 2 amide bonds. The molecule has 160 valence electrons. The molecule has 1 fully saturated rings. The predicted molar refractivity (Wildman–Crippen MR) is 114 cm³/mol. The number of rotatable bonds is 8. The van der Waals surface area contributed by atoms with E-state index in [1.54, 1.807) is 41.1 Å². The number of ether oxygens (including phenoxy) is 2. The maximum atomic E-state index is 12.1. The molecule has 1 saturated heterocycles. The van der Waals surface area contributed by atoms with E-state index in [0.717, 1.165) is 12.8 Å². The molecular weight excluding hydrogens is 408 g/mol. The van der Waals surface area contributed by atoms with Gasteiger partial charge in [0.15, 0.2) is 0 Å². The second-order valence-corrected chi connectivity index (χ2v) is 7.41. The largest absolute Gasteiger partial charge is 0.490 e. The van der Waals surface area contributed by atoms with E-state index in [0.29, 0.717) is 53.9 Å². The summed E-state index contributed by atoms with van der Waals surface area (Å²) in [5.41, 5.74) is 7.02. The summed E-state index contributed by atoms with van der Waals surface area (Å²) in [5, 5.41) is 5.09. The number of hydrogen-bond acceptors (Lipinski definition) is 5. The van der Waals surface area contributed by atoms with Crippen LogP contribution in [0.4, 0.5) is 0 Å². The van der Waals surface area contributed by atoms with Crippen molar-refractivity contribution < 1.29 is 19.1 Å². The summed E-state index contributed by atoms with van der Waals surface area (Å²) in [6.45, 7) is 5.48. The summed E-state index contributed by atoms with van der Waals surface area (Å²) in [6, 6.07) is 5.12. The molecule has 2 aromatic rings. The van der Waals surface area contributed by atoms with Gasteiger partial charge >= 0.3 is 0 Å². The third-order valence-corrected chi connectivity index (χ3v) is 5.32. The van der Waals surface area contributed by atoms with Crippen molar-refractivity contribution in [2.45, 2.75) is 18.9 Å². The maximum absolute atomic E-state index is 12.1. The van der Waals surface area contributed by atoms with Crippen LogP contribution < -0.4 is 10.5 Å². The molecule has 30 heavy (non-hydrogen) atoms. The van der Waals surface area contributed by atoms with Crippen molar-refractivity contribution in [3.05, 3.63) is 47.6 Å². The highest BCUT2D eigenvalue weighted by atomic mass is 35.5. The summed E-state index contributed by atoms with van der Waals surface area (Å²) in [4.78, 5) is 25.8. The first kappa shape index (κ1) is 21.9. The lowest BCUT2D eigenvalue weighted by Crippen LogP contribution is -2.40. The zero-order valence-electron chi connectivity index (χ0n) is 16.8. The molecular formula is C21H25ClN4O4. The number of amides is 2. The molecule has 2 heterocycles. The molecule has 1 aliphatic heterocycles. The molecule has 1 atom stereocenters. The first-order chi connectivity index (χ1) is 14.4. The predicted octanol–water partition coefficient (Wildman–Crippen LogP) is 2.68. The standard InChI is InChI=1S/C21H25ClN4O4/c1-3-19(27)25-8-4-5-15(12-25)26-13-16(21(23)28)20(24-26)14-6-7-17(22)18(11-14)30-10-9-29-2/h3,6-7,11,13,15H,1,4-5,8-10,12H2,2H3,(H2,23,28)/t15-/m1/s1. The first-order valence-electron chi connectivity index (χ1n) is 9.66. The molecule has 1 aliphatic rings. The van der Waals surface area contributed by atoms with Crippen LogP contribution in [0.2, 0.25) is 5.02 Å². The summed E-state index contributed by atoms with van der Waals surface area (Å²) in [7, 11) is 1.59. The SMILES string of the molecule is C=CC(=O)N1CCC[C@@H](n2cc(C(N)=O)c(-c3ccc(Cl)c(OCCOC)c3)n2)C1. The van der Waals surface area contributed by atoms with Crippen molar-refractivity contribution in [1.82, 2.24) is 14.7 Å². The summed E-state index contributed by atoms with van der Waals surface area (Å²) >= 11 is 6.22. The molecule has 0 aliphatic carbocycles. The third-order valence-electron chi connectivity index (χ3n) is 5.00. The summed E-state index contributed by atoms with van der Waals surface area (Å²) < 4.78 is 12.4. The lowest BCUT2D eigenvalue weighted by molar-refractivity contribution is -0.127. The molecule has 0 saturated carbocycles. The van der Waals surface area contributed by atoms with Crippen LogP contribution in [0.1, 0.15) is 29.2 Å². The number of aromatic nitrogens is 2. The number of benzene rings is 1. The lowest BCUT2D eigenvalue weighted by atomic mass is 10.1. The van der Waals surface area contributed by atoms with Crippen LogP contribution >= 0.6 is 11.6 Å². The number of likely N-dealkylation sites (tertiary alicyclic amines) is 1. The first-order valence-corrected chi connectivity index (χ1v) is 10.0. The van der Waals surface area contributed by atoms with Crippen molar-refractivity contribution in [3.8, 4) is 17.0 Å². The fourth-order valence-corrected chi connectivity index (χ4v) is 3.64. The number of nitrogens with zero attached hydrogens (tertiary/aromatic N) is 3. The van der Waals surface area contributed by atoms with Gasteiger partial charge in [-0.2, -0.15) is 5.10 Å². The van der Waals surface area contributed by atoms with E-state index in [2.05, 4.69) is 11.7 Å². The van der Waals surface area contributed by atoms with Crippen LogP contribution in [-0.4, -0.2) is 59.9 Å². The highest BCUT2D eigenvalue weighted by Crippen LogP contribution is 2.33. The van der Waals surface area contributed by atoms with Crippen LogP contribution in [0.15, 0.2) is 37.1 Å².